The van der Waals surface area contributed by atoms with Gasteiger partial charge in [0.2, 0.25) is 0 Å². The molecule has 1 heterocycles. The summed E-state index contributed by atoms with van der Waals surface area (Å²) in [6.45, 7) is 3.97. The number of esters is 1. The van der Waals surface area contributed by atoms with Crippen LogP contribution >= 0.6 is 0 Å². The van der Waals surface area contributed by atoms with Gasteiger partial charge in [-0.2, -0.15) is 0 Å². The predicted molar refractivity (Wildman–Crippen MR) is 129 cm³/mol. The molecule has 1 amide bonds. The maximum Gasteiger partial charge on any atom is 0.344 e. The fraction of sp³-hybridized carbons (Fsp3) is 0.259. The lowest BCUT2D eigenvalue weighted by Crippen LogP contribution is -2.51. The lowest BCUT2D eigenvalue weighted by atomic mass is 10.2. The molecule has 34 heavy (non-hydrogen) atoms. The molecule has 4 rings (SSSR count). The molecule has 1 fully saturated rings. The molecule has 1 atom stereocenters. The van der Waals surface area contributed by atoms with Crippen LogP contribution < -0.4 is 14.4 Å². The first-order valence-corrected chi connectivity index (χ1v) is 11.3. The number of ether oxygens (including phenoxy) is 3. The van der Waals surface area contributed by atoms with Crippen LogP contribution in [0.4, 0.5) is 5.69 Å². The zero-order valence-corrected chi connectivity index (χ0v) is 19.1. The molecule has 1 saturated heterocycles. The molecule has 1 aliphatic heterocycles. The van der Waals surface area contributed by atoms with E-state index >= 15 is 0 Å². The Morgan fingerprint density at radius 2 is 1.32 bits per heavy atom. The van der Waals surface area contributed by atoms with Crippen molar-refractivity contribution in [3.63, 3.8) is 0 Å². The van der Waals surface area contributed by atoms with Crippen LogP contribution in [0.25, 0.3) is 0 Å². The number of hydrogen-bond acceptors (Lipinski definition) is 6. The van der Waals surface area contributed by atoms with Gasteiger partial charge in [-0.1, -0.05) is 36.4 Å². The molecule has 0 aliphatic carbocycles. The summed E-state index contributed by atoms with van der Waals surface area (Å²) in [6, 6.07) is 26.5. The van der Waals surface area contributed by atoms with Gasteiger partial charge < -0.3 is 24.0 Å². The standard InChI is InChI=1S/C27H28N2O5/c1-21(27(31)29-18-16-28(17-19-29)22-8-4-2-5-9-22)33-26(30)20-32-23-12-14-25(15-13-23)34-24-10-6-3-7-11-24/h2-15,21H,16-20H2,1H3. The highest BCUT2D eigenvalue weighted by Gasteiger charge is 2.27. The molecule has 7 nitrogen and oxygen atoms in total. The second-order valence-electron chi connectivity index (χ2n) is 7.96. The van der Waals surface area contributed by atoms with E-state index in [9.17, 15) is 9.59 Å². The van der Waals surface area contributed by atoms with Crippen molar-refractivity contribution < 1.29 is 23.8 Å². The minimum absolute atomic E-state index is 0.191. The zero-order chi connectivity index (χ0) is 23.8. The van der Waals surface area contributed by atoms with Gasteiger partial charge in [0.1, 0.15) is 17.2 Å². The zero-order valence-electron chi connectivity index (χ0n) is 19.1. The Morgan fingerprint density at radius 1 is 0.765 bits per heavy atom. The fourth-order valence-corrected chi connectivity index (χ4v) is 3.73. The van der Waals surface area contributed by atoms with Crippen LogP contribution in [-0.4, -0.2) is 55.7 Å². The number of amides is 1. The Morgan fingerprint density at radius 3 is 1.97 bits per heavy atom. The van der Waals surface area contributed by atoms with Crippen LogP contribution in [0.5, 0.6) is 17.2 Å². The topological polar surface area (TPSA) is 68.3 Å². The van der Waals surface area contributed by atoms with Crippen molar-refractivity contribution in [2.45, 2.75) is 13.0 Å². The largest absolute Gasteiger partial charge is 0.482 e. The first-order chi connectivity index (χ1) is 16.6. The van der Waals surface area contributed by atoms with Crippen LogP contribution in [0.15, 0.2) is 84.9 Å². The summed E-state index contributed by atoms with van der Waals surface area (Å²) >= 11 is 0. The average Bonchev–Trinajstić information content (AvgIpc) is 2.89. The smallest absolute Gasteiger partial charge is 0.344 e. The van der Waals surface area contributed by atoms with Gasteiger partial charge in [0.25, 0.3) is 5.91 Å². The van der Waals surface area contributed by atoms with Crippen molar-refractivity contribution >= 4 is 17.6 Å². The summed E-state index contributed by atoms with van der Waals surface area (Å²) < 4.78 is 16.5. The van der Waals surface area contributed by atoms with Crippen molar-refractivity contribution in [2.24, 2.45) is 0 Å². The predicted octanol–water partition coefficient (Wildman–Crippen LogP) is 4.14. The monoisotopic (exact) mass is 460 g/mol. The number of carbonyl (C=O) groups is 2. The number of rotatable bonds is 8. The number of carbonyl (C=O) groups excluding carboxylic acids is 2. The van der Waals surface area contributed by atoms with E-state index in [0.717, 1.165) is 24.5 Å². The molecule has 1 unspecified atom stereocenters. The van der Waals surface area contributed by atoms with E-state index in [1.165, 1.54) is 0 Å². The lowest BCUT2D eigenvalue weighted by molar-refractivity contribution is -0.160. The minimum Gasteiger partial charge on any atom is -0.482 e. The fourth-order valence-electron chi connectivity index (χ4n) is 3.73. The Kier molecular flexibility index (Phi) is 7.65. The molecule has 0 saturated carbocycles. The van der Waals surface area contributed by atoms with Crippen LogP contribution in [0.2, 0.25) is 0 Å². The molecular formula is C27H28N2O5. The van der Waals surface area contributed by atoms with Gasteiger partial charge in [-0.15, -0.1) is 0 Å². The Balaban J connectivity index is 1.19. The van der Waals surface area contributed by atoms with Crippen molar-refractivity contribution in [3.8, 4) is 17.2 Å². The van der Waals surface area contributed by atoms with E-state index in [4.69, 9.17) is 14.2 Å². The second-order valence-corrected chi connectivity index (χ2v) is 7.96. The van der Waals surface area contributed by atoms with E-state index in [1.807, 2.05) is 48.5 Å². The van der Waals surface area contributed by atoms with Crippen molar-refractivity contribution in [2.75, 3.05) is 37.7 Å². The SMILES string of the molecule is CC(OC(=O)COc1ccc(Oc2ccccc2)cc1)C(=O)N1CCN(c2ccccc2)CC1. The molecule has 0 bridgehead atoms. The van der Waals surface area contributed by atoms with Gasteiger partial charge >= 0.3 is 5.97 Å². The summed E-state index contributed by atoms with van der Waals surface area (Å²) in [4.78, 5) is 28.9. The van der Waals surface area contributed by atoms with Gasteiger partial charge in [0.15, 0.2) is 12.7 Å². The molecule has 1 aliphatic rings. The van der Waals surface area contributed by atoms with Crippen LogP contribution in [0, 0.1) is 0 Å². The average molecular weight is 461 g/mol. The third-order valence-electron chi connectivity index (χ3n) is 5.53. The molecule has 3 aromatic rings. The maximum atomic E-state index is 12.7. The first kappa shape index (κ1) is 23.2. The summed E-state index contributed by atoms with van der Waals surface area (Å²) in [5.41, 5.74) is 1.14. The van der Waals surface area contributed by atoms with E-state index in [2.05, 4.69) is 17.0 Å². The van der Waals surface area contributed by atoms with Gasteiger partial charge in [-0.3, -0.25) is 4.79 Å². The molecule has 3 aromatic carbocycles. The number of anilines is 1. The quantitative estimate of drug-likeness (QED) is 0.471. The van der Waals surface area contributed by atoms with Gasteiger partial charge in [-0.25, -0.2) is 4.79 Å². The third kappa shape index (κ3) is 6.28. The molecule has 7 heteroatoms. The number of nitrogens with zero attached hydrogens (tertiary/aromatic N) is 2. The minimum atomic E-state index is -0.860. The highest BCUT2D eigenvalue weighted by atomic mass is 16.6. The van der Waals surface area contributed by atoms with Crippen LogP contribution in [0.3, 0.4) is 0 Å². The second kappa shape index (κ2) is 11.2. The molecule has 0 radical (unpaired) electrons. The molecule has 0 spiro atoms. The normalized spacial score (nSPS) is 14.3. The van der Waals surface area contributed by atoms with Crippen LogP contribution in [-0.2, 0) is 14.3 Å². The maximum absolute atomic E-state index is 12.7. The molecular weight excluding hydrogens is 432 g/mol. The number of benzene rings is 3. The van der Waals surface area contributed by atoms with E-state index in [-0.39, 0.29) is 12.5 Å². The summed E-state index contributed by atoms with van der Waals surface area (Å²) in [7, 11) is 0. The summed E-state index contributed by atoms with van der Waals surface area (Å²) in [5, 5.41) is 0. The summed E-state index contributed by atoms with van der Waals surface area (Å²) in [5.74, 6) is 1.12. The van der Waals surface area contributed by atoms with Crippen molar-refractivity contribution in [1.29, 1.82) is 0 Å². The van der Waals surface area contributed by atoms with Gasteiger partial charge in [0.05, 0.1) is 0 Å². The molecule has 0 aromatic heterocycles. The Hall–Kier alpha value is -4.00. The molecule has 0 N–H and O–H groups in total. The van der Waals surface area contributed by atoms with E-state index in [1.54, 1.807) is 36.1 Å². The highest BCUT2D eigenvalue weighted by molar-refractivity contribution is 5.84. The van der Waals surface area contributed by atoms with E-state index < -0.39 is 12.1 Å². The highest BCUT2D eigenvalue weighted by Crippen LogP contribution is 2.23. The Bertz CT molecular complexity index is 1070. The third-order valence-corrected chi connectivity index (χ3v) is 5.53. The van der Waals surface area contributed by atoms with Gasteiger partial charge in [-0.05, 0) is 55.5 Å². The first-order valence-electron chi connectivity index (χ1n) is 11.3. The number of para-hydroxylation sites is 2. The van der Waals surface area contributed by atoms with Gasteiger partial charge in [0, 0.05) is 31.9 Å². The van der Waals surface area contributed by atoms with E-state index in [0.29, 0.717) is 24.6 Å². The summed E-state index contributed by atoms with van der Waals surface area (Å²) in [6.07, 6.45) is -0.860. The number of piperazine rings is 1. The van der Waals surface area contributed by atoms with Crippen LogP contribution in [0.1, 0.15) is 6.92 Å². The van der Waals surface area contributed by atoms with Crippen molar-refractivity contribution in [3.05, 3.63) is 84.9 Å². The lowest BCUT2D eigenvalue weighted by Gasteiger charge is -2.37. The number of hydrogen-bond donors (Lipinski definition) is 0. The van der Waals surface area contributed by atoms with Crippen molar-refractivity contribution in [1.82, 2.24) is 4.90 Å². The molecule has 176 valence electrons. The Labute approximate surface area is 199 Å².